The molecular formula is C22H22N4O2S2. The van der Waals surface area contributed by atoms with E-state index in [-0.39, 0.29) is 10.5 Å². The highest BCUT2D eigenvalue weighted by molar-refractivity contribution is 7.89. The van der Waals surface area contributed by atoms with E-state index in [9.17, 15) is 13.7 Å². The quantitative estimate of drug-likeness (QED) is 0.619. The molecule has 0 aliphatic carbocycles. The van der Waals surface area contributed by atoms with Crippen LogP contribution in [0.5, 0.6) is 0 Å². The lowest BCUT2D eigenvalue weighted by molar-refractivity contribution is 0.384. The Labute approximate surface area is 181 Å². The zero-order chi connectivity index (χ0) is 21.3. The molecule has 0 atom stereocenters. The van der Waals surface area contributed by atoms with Crippen LogP contribution in [0.3, 0.4) is 0 Å². The first-order valence-electron chi connectivity index (χ1n) is 9.67. The number of anilines is 1. The summed E-state index contributed by atoms with van der Waals surface area (Å²) in [6.45, 7) is 6.00. The number of nitrogens with zero attached hydrogens (tertiary/aromatic N) is 4. The Kier molecular flexibility index (Phi) is 5.60. The molecule has 30 heavy (non-hydrogen) atoms. The van der Waals surface area contributed by atoms with Crippen molar-refractivity contribution >= 4 is 26.5 Å². The lowest BCUT2D eigenvalue weighted by Crippen LogP contribution is -2.48. The number of rotatable bonds is 4. The molecule has 3 aromatic rings. The molecule has 1 aliphatic rings. The molecule has 2 aromatic carbocycles. The largest absolute Gasteiger partial charge is 0.345 e. The van der Waals surface area contributed by atoms with Crippen LogP contribution in [0.2, 0.25) is 0 Å². The minimum atomic E-state index is -3.69. The van der Waals surface area contributed by atoms with Gasteiger partial charge in [0.05, 0.1) is 16.2 Å². The smallest absolute Gasteiger partial charge is 0.244 e. The summed E-state index contributed by atoms with van der Waals surface area (Å²) in [5.74, 6) is 0. The molecule has 1 aliphatic heterocycles. The molecule has 8 heteroatoms. The summed E-state index contributed by atoms with van der Waals surface area (Å²) in [5, 5.41) is 12.2. The van der Waals surface area contributed by atoms with Crippen LogP contribution in [0.25, 0.3) is 11.3 Å². The summed E-state index contributed by atoms with van der Waals surface area (Å²) >= 11 is 1.58. The number of nitriles is 1. The summed E-state index contributed by atoms with van der Waals surface area (Å²) in [4.78, 5) is 7.02. The van der Waals surface area contributed by atoms with Gasteiger partial charge in [0.15, 0.2) is 5.13 Å². The van der Waals surface area contributed by atoms with Crippen molar-refractivity contribution in [3.63, 3.8) is 0 Å². The van der Waals surface area contributed by atoms with Crippen LogP contribution in [0.4, 0.5) is 5.13 Å². The molecular weight excluding hydrogens is 416 g/mol. The predicted molar refractivity (Wildman–Crippen MR) is 119 cm³/mol. The molecule has 0 amide bonds. The van der Waals surface area contributed by atoms with Crippen molar-refractivity contribution in [1.82, 2.24) is 9.29 Å². The summed E-state index contributed by atoms with van der Waals surface area (Å²) < 4.78 is 27.5. The minimum absolute atomic E-state index is 0.0763. The monoisotopic (exact) mass is 438 g/mol. The third-order valence-corrected chi connectivity index (χ3v) is 8.15. The van der Waals surface area contributed by atoms with Crippen LogP contribution < -0.4 is 4.90 Å². The number of aryl methyl sites for hydroxylation is 2. The maximum atomic E-state index is 13.0. The van der Waals surface area contributed by atoms with E-state index in [1.807, 2.05) is 6.07 Å². The molecule has 154 valence electrons. The Morgan fingerprint density at radius 2 is 1.80 bits per heavy atom. The maximum Gasteiger partial charge on any atom is 0.244 e. The molecule has 1 fully saturated rings. The van der Waals surface area contributed by atoms with E-state index in [0.29, 0.717) is 26.2 Å². The molecule has 0 spiro atoms. The fourth-order valence-corrected chi connectivity index (χ4v) is 6.03. The van der Waals surface area contributed by atoms with Gasteiger partial charge < -0.3 is 4.90 Å². The van der Waals surface area contributed by atoms with Crippen LogP contribution >= 0.6 is 11.3 Å². The average molecular weight is 439 g/mol. The van der Waals surface area contributed by atoms with Crippen molar-refractivity contribution in [3.05, 3.63) is 64.5 Å². The summed E-state index contributed by atoms with van der Waals surface area (Å²) in [5.41, 5.74) is 4.64. The fourth-order valence-electron chi connectivity index (χ4n) is 3.59. The second-order valence-corrected chi connectivity index (χ2v) is 10.1. The van der Waals surface area contributed by atoms with Crippen LogP contribution in [-0.2, 0) is 10.0 Å². The number of piperazine rings is 1. The molecule has 1 aromatic heterocycles. The minimum Gasteiger partial charge on any atom is -0.345 e. The van der Waals surface area contributed by atoms with Gasteiger partial charge in [-0.05, 0) is 37.6 Å². The number of hydrogen-bond donors (Lipinski definition) is 0. The van der Waals surface area contributed by atoms with Crippen LogP contribution in [0.15, 0.2) is 52.7 Å². The first-order valence-corrected chi connectivity index (χ1v) is 12.0. The van der Waals surface area contributed by atoms with Gasteiger partial charge in [0.1, 0.15) is 6.07 Å². The highest BCUT2D eigenvalue weighted by atomic mass is 32.2. The van der Waals surface area contributed by atoms with E-state index in [2.05, 4.69) is 42.3 Å². The average Bonchev–Trinajstić information content (AvgIpc) is 3.25. The fraction of sp³-hybridized carbons (Fsp3) is 0.273. The van der Waals surface area contributed by atoms with Gasteiger partial charge in [0.25, 0.3) is 0 Å². The Hall–Kier alpha value is -2.73. The van der Waals surface area contributed by atoms with Gasteiger partial charge in [-0.2, -0.15) is 9.57 Å². The van der Waals surface area contributed by atoms with Crippen LogP contribution in [0.1, 0.15) is 16.7 Å². The molecule has 4 rings (SSSR count). The number of benzene rings is 2. The van der Waals surface area contributed by atoms with Gasteiger partial charge >= 0.3 is 0 Å². The van der Waals surface area contributed by atoms with Gasteiger partial charge in [-0.1, -0.05) is 29.8 Å². The van der Waals surface area contributed by atoms with E-state index < -0.39 is 10.0 Å². The number of aromatic nitrogens is 1. The van der Waals surface area contributed by atoms with Gasteiger partial charge in [-0.25, -0.2) is 13.4 Å². The zero-order valence-electron chi connectivity index (χ0n) is 16.9. The van der Waals surface area contributed by atoms with E-state index in [0.717, 1.165) is 16.4 Å². The third kappa shape index (κ3) is 3.84. The third-order valence-electron chi connectivity index (χ3n) is 5.30. The maximum absolute atomic E-state index is 13.0. The Morgan fingerprint density at radius 3 is 2.53 bits per heavy atom. The zero-order valence-corrected chi connectivity index (χ0v) is 18.5. The second kappa shape index (κ2) is 8.19. The van der Waals surface area contributed by atoms with Crippen molar-refractivity contribution in [1.29, 1.82) is 5.26 Å². The Balaban J connectivity index is 1.50. The van der Waals surface area contributed by atoms with E-state index in [1.165, 1.54) is 27.6 Å². The summed E-state index contributed by atoms with van der Waals surface area (Å²) in [6, 6.07) is 14.7. The first-order chi connectivity index (χ1) is 14.4. The second-order valence-electron chi connectivity index (χ2n) is 7.33. The number of hydrogen-bond acceptors (Lipinski definition) is 6. The topological polar surface area (TPSA) is 77.3 Å². The van der Waals surface area contributed by atoms with Gasteiger partial charge in [-0.3, -0.25) is 0 Å². The van der Waals surface area contributed by atoms with Crippen molar-refractivity contribution in [2.24, 2.45) is 0 Å². The van der Waals surface area contributed by atoms with Crippen LogP contribution in [-0.4, -0.2) is 43.9 Å². The molecule has 2 heterocycles. The lowest BCUT2D eigenvalue weighted by atomic mass is 10.0. The lowest BCUT2D eigenvalue weighted by Gasteiger charge is -2.33. The normalized spacial score (nSPS) is 15.2. The molecule has 0 radical (unpaired) electrons. The Morgan fingerprint density at radius 1 is 1.07 bits per heavy atom. The Bertz CT molecular complexity index is 1220. The van der Waals surface area contributed by atoms with Crippen molar-refractivity contribution in [2.45, 2.75) is 18.7 Å². The molecule has 0 unspecified atom stereocenters. The van der Waals surface area contributed by atoms with Gasteiger partial charge in [0.2, 0.25) is 10.0 Å². The SMILES string of the molecule is Cc1ccc(C)c(-c2csc(N3CCN(S(=O)(=O)c4ccccc4C#N)CC3)n2)c1. The van der Waals surface area contributed by atoms with E-state index in [1.54, 1.807) is 23.5 Å². The first kappa shape index (κ1) is 20.5. The highest BCUT2D eigenvalue weighted by Gasteiger charge is 2.31. The van der Waals surface area contributed by atoms with E-state index in [4.69, 9.17) is 4.98 Å². The number of thiazole rings is 1. The van der Waals surface area contributed by atoms with E-state index >= 15 is 0 Å². The summed E-state index contributed by atoms with van der Waals surface area (Å²) in [6.07, 6.45) is 0. The van der Waals surface area contributed by atoms with Crippen molar-refractivity contribution in [2.75, 3.05) is 31.1 Å². The molecule has 6 nitrogen and oxygen atoms in total. The molecule has 1 saturated heterocycles. The molecule has 0 saturated carbocycles. The van der Waals surface area contributed by atoms with Gasteiger partial charge in [-0.15, -0.1) is 11.3 Å². The predicted octanol–water partition coefficient (Wildman–Crippen LogP) is 3.81. The van der Waals surface area contributed by atoms with Crippen LogP contribution in [0, 0.1) is 25.2 Å². The van der Waals surface area contributed by atoms with Gasteiger partial charge in [0, 0.05) is 37.1 Å². The summed E-state index contributed by atoms with van der Waals surface area (Å²) in [7, 11) is -3.69. The number of sulfonamides is 1. The standard InChI is InChI=1S/C22H22N4O2S2/c1-16-7-8-17(2)19(13-16)20-15-29-22(24-20)25-9-11-26(12-10-25)30(27,28)21-6-4-3-5-18(21)14-23/h3-8,13,15H,9-12H2,1-2H3. The van der Waals surface area contributed by atoms with Crippen molar-refractivity contribution in [3.8, 4) is 17.3 Å². The van der Waals surface area contributed by atoms with Crippen molar-refractivity contribution < 1.29 is 8.42 Å². The molecule has 0 bridgehead atoms. The highest BCUT2D eigenvalue weighted by Crippen LogP contribution is 2.31. The molecule has 0 N–H and O–H groups in total.